The van der Waals surface area contributed by atoms with E-state index in [9.17, 15) is 34.8 Å². The molecule has 1 aliphatic heterocycles. The fraction of sp³-hybridized carbons (Fsp3) is 0.615. The molecule has 1 aromatic heterocycles. The number of hydroxylamine groups is 1. The average molecular weight is 423 g/mol. The van der Waals surface area contributed by atoms with Crippen molar-refractivity contribution in [3.63, 3.8) is 0 Å². The Bertz CT molecular complexity index is 847. The molecule has 1 atom stereocenters. The van der Waals surface area contributed by atoms with E-state index in [1.54, 1.807) is 0 Å². The summed E-state index contributed by atoms with van der Waals surface area (Å²) in [5.41, 5.74) is -5.95. The smallest absolute Gasteiger partial charge is 0.435 e. The summed E-state index contributed by atoms with van der Waals surface area (Å²) in [6, 6.07) is 0. The highest BCUT2D eigenvalue weighted by Crippen LogP contribution is 2.44. The van der Waals surface area contributed by atoms with Crippen LogP contribution in [0.4, 0.5) is 26.3 Å². The maximum absolute atomic E-state index is 14.9. The molecule has 0 bridgehead atoms. The molecule has 14 heteroatoms. The highest BCUT2D eigenvalue weighted by atomic mass is 32.2. The highest BCUT2D eigenvalue weighted by Gasteiger charge is 2.47. The molecular weight excluding hydrogens is 408 g/mol. The summed E-state index contributed by atoms with van der Waals surface area (Å²) in [7, 11) is -4.18. The zero-order valence-corrected chi connectivity index (χ0v) is 15.0. The molecule has 0 saturated carbocycles. The third-order valence-corrected chi connectivity index (χ3v) is 4.94. The summed E-state index contributed by atoms with van der Waals surface area (Å²) in [4.78, 5) is 4.88. The molecule has 1 aliphatic rings. The van der Waals surface area contributed by atoms with E-state index in [2.05, 4.69) is 9.84 Å². The number of aryl methyl sites for hydroxylation is 1. The van der Waals surface area contributed by atoms with Crippen LogP contribution in [0.5, 0.6) is 5.88 Å². The Morgan fingerprint density at radius 3 is 2.37 bits per heavy atom. The second-order valence-electron chi connectivity index (χ2n) is 6.07. The lowest BCUT2D eigenvalue weighted by atomic mass is 10.1. The van der Waals surface area contributed by atoms with Crippen LogP contribution >= 0.6 is 0 Å². The lowest BCUT2D eigenvalue weighted by molar-refractivity contribution is -0.142. The number of sulfone groups is 1. The molecule has 0 aliphatic carbocycles. The lowest BCUT2D eigenvalue weighted by Crippen LogP contribution is -2.24. The molecule has 154 valence electrons. The normalized spacial score (nSPS) is 18.4. The highest BCUT2D eigenvalue weighted by molar-refractivity contribution is 7.95. The standard InChI is InChI=1S/C13H15F6N3O4S/c1-12(2)4-7(21-26-12)27(23,24)10(16)8-9(13(17,18)19)20-22(3)11(8)25-5-6(14)15/h4,6,10,21H,5H2,1-3H3. The van der Waals surface area contributed by atoms with Crippen LogP contribution in [0.2, 0.25) is 0 Å². The lowest BCUT2D eigenvalue weighted by Gasteiger charge is -2.15. The van der Waals surface area contributed by atoms with Crippen LogP contribution in [0.1, 0.15) is 30.6 Å². The summed E-state index contributed by atoms with van der Waals surface area (Å²) >= 11 is 0. The van der Waals surface area contributed by atoms with Crippen molar-refractivity contribution in [1.29, 1.82) is 0 Å². The number of alkyl halides is 6. The van der Waals surface area contributed by atoms with Gasteiger partial charge in [0.25, 0.3) is 6.43 Å². The molecule has 0 aromatic carbocycles. The zero-order chi connectivity index (χ0) is 20.8. The van der Waals surface area contributed by atoms with Crippen molar-refractivity contribution >= 4 is 9.84 Å². The average Bonchev–Trinajstić information content (AvgIpc) is 3.04. The Morgan fingerprint density at radius 1 is 1.33 bits per heavy atom. The largest absolute Gasteiger partial charge is 0.471 e. The van der Waals surface area contributed by atoms with Crippen LogP contribution < -0.4 is 10.2 Å². The Hall–Kier alpha value is -1.96. The number of rotatable bonds is 6. The summed E-state index contributed by atoms with van der Waals surface area (Å²) in [5.74, 6) is -1.07. The number of nitrogens with zero attached hydrogens (tertiary/aromatic N) is 2. The Kier molecular flexibility index (Phi) is 5.45. The van der Waals surface area contributed by atoms with Crippen molar-refractivity contribution in [3.8, 4) is 5.88 Å². The molecule has 0 fully saturated rings. The number of hydrogen-bond donors (Lipinski definition) is 1. The number of hydrogen-bond acceptors (Lipinski definition) is 6. The quantitative estimate of drug-likeness (QED) is 0.709. The molecule has 0 saturated heterocycles. The maximum Gasteiger partial charge on any atom is 0.435 e. The van der Waals surface area contributed by atoms with Crippen LogP contribution in [0.15, 0.2) is 11.1 Å². The van der Waals surface area contributed by atoms with E-state index in [1.807, 2.05) is 5.48 Å². The second kappa shape index (κ2) is 6.89. The van der Waals surface area contributed by atoms with Crippen molar-refractivity contribution < 1.29 is 44.3 Å². The van der Waals surface area contributed by atoms with Gasteiger partial charge >= 0.3 is 6.18 Å². The first-order valence-electron chi connectivity index (χ1n) is 7.26. The first kappa shape index (κ1) is 21.3. The van der Waals surface area contributed by atoms with Gasteiger partial charge in [-0.1, -0.05) is 0 Å². The van der Waals surface area contributed by atoms with E-state index in [-0.39, 0.29) is 0 Å². The summed E-state index contributed by atoms with van der Waals surface area (Å²) < 4.78 is 109. The van der Waals surface area contributed by atoms with Crippen LogP contribution in [-0.2, 0) is 27.9 Å². The van der Waals surface area contributed by atoms with Crippen LogP contribution in [0, 0.1) is 0 Å². The van der Waals surface area contributed by atoms with Crippen LogP contribution in [0.25, 0.3) is 0 Å². The maximum atomic E-state index is 14.9. The van der Waals surface area contributed by atoms with Gasteiger partial charge < -0.3 is 4.74 Å². The minimum absolute atomic E-state index is 0.347. The van der Waals surface area contributed by atoms with Crippen molar-refractivity contribution in [2.75, 3.05) is 6.61 Å². The van der Waals surface area contributed by atoms with E-state index in [0.717, 1.165) is 13.1 Å². The van der Waals surface area contributed by atoms with Crippen molar-refractivity contribution in [1.82, 2.24) is 15.3 Å². The number of nitrogens with one attached hydrogen (secondary N) is 1. The molecule has 2 rings (SSSR count). The first-order valence-corrected chi connectivity index (χ1v) is 8.81. The van der Waals surface area contributed by atoms with Gasteiger partial charge in [0, 0.05) is 7.05 Å². The predicted octanol–water partition coefficient (Wildman–Crippen LogP) is 2.62. The molecule has 27 heavy (non-hydrogen) atoms. The molecule has 0 spiro atoms. The van der Waals surface area contributed by atoms with E-state index in [0.29, 0.717) is 4.68 Å². The van der Waals surface area contributed by atoms with Gasteiger partial charge in [0.2, 0.25) is 21.2 Å². The predicted molar refractivity (Wildman–Crippen MR) is 78.9 cm³/mol. The van der Waals surface area contributed by atoms with E-state index >= 15 is 0 Å². The van der Waals surface area contributed by atoms with Gasteiger partial charge in [0.1, 0.15) is 5.60 Å². The topological polar surface area (TPSA) is 82.5 Å². The van der Waals surface area contributed by atoms with Gasteiger partial charge in [-0.05, 0) is 19.9 Å². The van der Waals surface area contributed by atoms with Crippen molar-refractivity contribution in [2.45, 2.75) is 37.6 Å². The van der Waals surface area contributed by atoms with E-state index in [4.69, 9.17) is 4.84 Å². The van der Waals surface area contributed by atoms with Crippen LogP contribution in [0.3, 0.4) is 0 Å². The molecule has 2 heterocycles. The Labute approximate surface area is 149 Å². The molecule has 1 N–H and O–H groups in total. The van der Waals surface area contributed by atoms with E-state index in [1.165, 1.54) is 13.8 Å². The Morgan fingerprint density at radius 2 is 1.93 bits per heavy atom. The van der Waals surface area contributed by atoms with E-state index < -0.39 is 62.3 Å². The third-order valence-electron chi connectivity index (χ3n) is 3.34. The molecule has 0 radical (unpaired) electrons. The molecule has 7 nitrogen and oxygen atoms in total. The minimum Gasteiger partial charge on any atom is -0.471 e. The van der Waals surface area contributed by atoms with Crippen LogP contribution in [-0.4, -0.2) is 36.8 Å². The summed E-state index contributed by atoms with van der Waals surface area (Å²) in [5, 5.41) is 2.19. The minimum atomic E-state index is -5.26. The summed E-state index contributed by atoms with van der Waals surface area (Å²) in [6.45, 7) is 1.45. The number of halogens is 6. The fourth-order valence-corrected chi connectivity index (χ4v) is 3.57. The Balaban J connectivity index is 2.58. The zero-order valence-electron chi connectivity index (χ0n) is 14.1. The SMILES string of the molecule is Cn1nc(C(F)(F)F)c(C(F)S(=O)(=O)C2=CC(C)(C)ON2)c1OCC(F)F. The van der Waals surface area contributed by atoms with Gasteiger partial charge in [-0.15, -0.1) is 0 Å². The number of aromatic nitrogens is 2. The van der Waals surface area contributed by atoms with Gasteiger partial charge in [-0.25, -0.2) is 26.3 Å². The first-order chi connectivity index (χ1) is 12.2. The fourth-order valence-electron chi connectivity index (χ4n) is 2.22. The van der Waals surface area contributed by atoms with Gasteiger partial charge in [0.05, 0.1) is 5.56 Å². The summed E-state index contributed by atoms with van der Waals surface area (Å²) in [6.07, 6.45) is -7.39. The van der Waals surface area contributed by atoms with Gasteiger partial charge in [-0.2, -0.15) is 18.3 Å². The van der Waals surface area contributed by atoms with Crippen molar-refractivity contribution in [3.05, 3.63) is 22.4 Å². The van der Waals surface area contributed by atoms with Crippen molar-refractivity contribution in [2.24, 2.45) is 7.05 Å². The molecule has 1 aromatic rings. The van der Waals surface area contributed by atoms with Gasteiger partial charge in [-0.3, -0.25) is 10.3 Å². The number of ether oxygens (including phenoxy) is 1. The molecule has 0 amide bonds. The third kappa shape index (κ3) is 4.31. The molecule has 1 unspecified atom stereocenters. The monoisotopic (exact) mass is 423 g/mol. The molecular formula is C13H15F6N3O4S. The van der Waals surface area contributed by atoms with Gasteiger partial charge in [0.15, 0.2) is 17.3 Å². The second-order valence-corrected chi connectivity index (χ2v) is 8.01.